The maximum absolute atomic E-state index is 11.5. The largest absolute Gasteiger partial charge is 0.396 e. The van der Waals surface area contributed by atoms with Gasteiger partial charge in [0.2, 0.25) is 0 Å². The number of thiophene rings is 1. The monoisotopic (exact) mass is 277 g/mol. The van der Waals surface area contributed by atoms with Crippen molar-refractivity contribution in [2.75, 3.05) is 13.2 Å². The van der Waals surface area contributed by atoms with E-state index in [9.17, 15) is 4.79 Å². The first kappa shape index (κ1) is 11.7. The van der Waals surface area contributed by atoms with Crippen LogP contribution in [0, 0.1) is 5.92 Å². The lowest BCUT2D eigenvalue weighted by atomic mass is 10.2. The Morgan fingerprint density at radius 2 is 2.50 bits per heavy atom. The lowest BCUT2D eigenvalue weighted by molar-refractivity contribution is 0.0945. The van der Waals surface area contributed by atoms with Crippen LogP contribution in [-0.4, -0.2) is 24.2 Å². The van der Waals surface area contributed by atoms with Gasteiger partial charge in [-0.1, -0.05) is 6.92 Å². The summed E-state index contributed by atoms with van der Waals surface area (Å²) in [4.78, 5) is 12.2. The highest BCUT2D eigenvalue weighted by molar-refractivity contribution is 9.10. The third kappa shape index (κ3) is 3.08. The van der Waals surface area contributed by atoms with E-state index in [4.69, 9.17) is 5.11 Å². The van der Waals surface area contributed by atoms with Crippen molar-refractivity contribution in [1.29, 1.82) is 0 Å². The van der Waals surface area contributed by atoms with E-state index in [1.54, 1.807) is 0 Å². The number of nitrogens with one attached hydrogen (secondary N) is 1. The highest BCUT2D eigenvalue weighted by Crippen LogP contribution is 2.22. The second kappa shape index (κ2) is 5.48. The molecule has 0 aliphatic heterocycles. The number of carbonyl (C=O) groups excluding carboxylic acids is 1. The lowest BCUT2D eigenvalue weighted by Crippen LogP contribution is -2.29. The van der Waals surface area contributed by atoms with E-state index < -0.39 is 0 Å². The van der Waals surface area contributed by atoms with Crippen LogP contribution in [-0.2, 0) is 0 Å². The molecule has 0 aromatic carbocycles. The molecule has 0 fully saturated rings. The fraction of sp³-hybridized carbons (Fsp3) is 0.444. The minimum Gasteiger partial charge on any atom is -0.396 e. The fourth-order valence-corrected chi connectivity index (χ4v) is 2.34. The van der Waals surface area contributed by atoms with Gasteiger partial charge in [-0.15, -0.1) is 11.3 Å². The van der Waals surface area contributed by atoms with E-state index >= 15 is 0 Å². The predicted octanol–water partition coefficient (Wildman–Crippen LogP) is 1.87. The van der Waals surface area contributed by atoms with Crippen molar-refractivity contribution < 1.29 is 9.90 Å². The molecule has 1 aromatic rings. The van der Waals surface area contributed by atoms with Crippen LogP contribution in [0.3, 0.4) is 0 Å². The molecule has 0 bridgehead atoms. The van der Waals surface area contributed by atoms with E-state index in [-0.39, 0.29) is 18.4 Å². The molecule has 0 aliphatic rings. The number of rotatable bonds is 4. The van der Waals surface area contributed by atoms with Crippen molar-refractivity contribution in [3.63, 3.8) is 0 Å². The molecule has 0 spiro atoms. The summed E-state index contributed by atoms with van der Waals surface area (Å²) in [5.41, 5.74) is 0. The van der Waals surface area contributed by atoms with Crippen molar-refractivity contribution in [2.45, 2.75) is 6.92 Å². The zero-order valence-electron chi connectivity index (χ0n) is 7.79. The van der Waals surface area contributed by atoms with Gasteiger partial charge in [0, 0.05) is 17.6 Å². The summed E-state index contributed by atoms with van der Waals surface area (Å²) in [6, 6.07) is 1.84. The summed E-state index contributed by atoms with van der Waals surface area (Å²) >= 11 is 4.69. The molecule has 1 rings (SSSR count). The highest BCUT2D eigenvalue weighted by atomic mass is 79.9. The Hall–Kier alpha value is -0.390. The summed E-state index contributed by atoms with van der Waals surface area (Å²) in [7, 11) is 0. The summed E-state index contributed by atoms with van der Waals surface area (Å²) < 4.78 is 0.816. The third-order valence-electron chi connectivity index (χ3n) is 1.75. The smallest absolute Gasteiger partial charge is 0.262 e. The fourth-order valence-electron chi connectivity index (χ4n) is 0.868. The molecule has 1 aromatic heterocycles. The Balaban J connectivity index is 2.47. The Morgan fingerprint density at radius 1 is 1.79 bits per heavy atom. The Bertz CT molecular complexity index is 314. The quantitative estimate of drug-likeness (QED) is 0.883. The van der Waals surface area contributed by atoms with Gasteiger partial charge in [-0.05, 0) is 33.3 Å². The molecule has 5 heteroatoms. The van der Waals surface area contributed by atoms with Crippen LogP contribution < -0.4 is 5.32 Å². The van der Waals surface area contributed by atoms with Gasteiger partial charge in [0.15, 0.2) is 0 Å². The van der Waals surface area contributed by atoms with E-state index in [1.807, 2.05) is 18.4 Å². The lowest BCUT2D eigenvalue weighted by Gasteiger charge is -2.08. The molecule has 3 nitrogen and oxygen atoms in total. The van der Waals surface area contributed by atoms with Gasteiger partial charge in [-0.25, -0.2) is 0 Å². The van der Waals surface area contributed by atoms with Crippen molar-refractivity contribution in [3.05, 3.63) is 20.8 Å². The molecule has 1 atom stereocenters. The molecular formula is C9H12BrNO2S. The number of carbonyl (C=O) groups is 1. The van der Waals surface area contributed by atoms with E-state index in [2.05, 4.69) is 21.2 Å². The molecule has 1 heterocycles. The first-order valence-corrected chi connectivity index (χ1v) is 5.94. The average molecular weight is 278 g/mol. The van der Waals surface area contributed by atoms with Crippen LogP contribution in [0.1, 0.15) is 16.6 Å². The number of hydrogen-bond donors (Lipinski definition) is 2. The van der Waals surface area contributed by atoms with E-state index in [0.717, 1.165) is 4.47 Å². The van der Waals surface area contributed by atoms with Crippen molar-refractivity contribution in [1.82, 2.24) is 5.32 Å². The molecule has 1 amide bonds. The van der Waals surface area contributed by atoms with Crippen LogP contribution in [0.25, 0.3) is 0 Å². The molecule has 0 radical (unpaired) electrons. The minimum absolute atomic E-state index is 0.0892. The van der Waals surface area contributed by atoms with Crippen LogP contribution in [0.2, 0.25) is 0 Å². The van der Waals surface area contributed by atoms with Gasteiger partial charge < -0.3 is 10.4 Å². The number of aliphatic hydroxyl groups is 1. The van der Waals surface area contributed by atoms with Gasteiger partial charge in [0.1, 0.15) is 4.88 Å². The maximum atomic E-state index is 11.5. The minimum atomic E-state index is -0.0906. The molecule has 0 aliphatic carbocycles. The topological polar surface area (TPSA) is 49.3 Å². The predicted molar refractivity (Wildman–Crippen MR) is 60.6 cm³/mol. The van der Waals surface area contributed by atoms with Crippen molar-refractivity contribution in [3.8, 4) is 0 Å². The average Bonchev–Trinajstić information content (AvgIpc) is 2.60. The molecule has 0 saturated heterocycles. The molecule has 2 N–H and O–H groups in total. The van der Waals surface area contributed by atoms with Gasteiger partial charge >= 0.3 is 0 Å². The first-order valence-electron chi connectivity index (χ1n) is 4.27. The van der Waals surface area contributed by atoms with Crippen molar-refractivity contribution in [2.24, 2.45) is 5.92 Å². The maximum Gasteiger partial charge on any atom is 0.262 e. The third-order valence-corrected chi connectivity index (χ3v) is 3.58. The van der Waals surface area contributed by atoms with Gasteiger partial charge in [0.25, 0.3) is 5.91 Å². The zero-order valence-corrected chi connectivity index (χ0v) is 10.2. The molecule has 1 unspecified atom stereocenters. The van der Waals surface area contributed by atoms with E-state index in [1.165, 1.54) is 11.3 Å². The van der Waals surface area contributed by atoms with Crippen LogP contribution in [0.4, 0.5) is 0 Å². The summed E-state index contributed by atoms with van der Waals surface area (Å²) in [6.07, 6.45) is 0. The van der Waals surface area contributed by atoms with Crippen LogP contribution in [0.5, 0.6) is 0 Å². The second-order valence-electron chi connectivity index (χ2n) is 3.10. The normalized spacial score (nSPS) is 12.5. The summed E-state index contributed by atoms with van der Waals surface area (Å²) in [6.45, 7) is 2.47. The van der Waals surface area contributed by atoms with Gasteiger partial charge in [-0.2, -0.15) is 0 Å². The number of amides is 1. The standard InChI is InChI=1S/C9H12BrNO2S/c1-6(5-12)4-11-9(13)8-7(10)2-3-14-8/h2-3,6,12H,4-5H2,1H3,(H,11,13). The molecule has 78 valence electrons. The van der Waals surface area contributed by atoms with Gasteiger partial charge in [0.05, 0.1) is 0 Å². The molecular weight excluding hydrogens is 266 g/mol. The number of hydrogen-bond acceptors (Lipinski definition) is 3. The highest BCUT2D eigenvalue weighted by Gasteiger charge is 2.11. The Kier molecular flexibility index (Phi) is 4.57. The summed E-state index contributed by atoms with van der Waals surface area (Å²) in [5.74, 6) is 0.00450. The molecule has 14 heavy (non-hydrogen) atoms. The van der Waals surface area contributed by atoms with E-state index in [0.29, 0.717) is 11.4 Å². The van der Waals surface area contributed by atoms with Gasteiger partial charge in [-0.3, -0.25) is 4.79 Å². The Labute approximate surface area is 95.3 Å². The molecule has 0 saturated carbocycles. The summed E-state index contributed by atoms with van der Waals surface area (Å²) in [5, 5.41) is 13.4. The SMILES string of the molecule is CC(CO)CNC(=O)c1sccc1Br. The second-order valence-corrected chi connectivity index (χ2v) is 4.87. The van der Waals surface area contributed by atoms with Crippen LogP contribution in [0.15, 0.2) is 15.9 Å². The zero-order chi connectivity index (χ0) is 10.6. The Morgan fingerprint density at radius 3 is 3.00 bits per heavy atom. The van der Waals surface area contributed by atoms with Crippen molar-refractivity contribution >= 4 is 33.2 Å². The van der Waals surface area contributed by atoms with Crippen LogP contribution >= 0.6 is 27.3 Å². The first-order chi connectivity index (χ1) is 6.65. The number of aliphatic hydroxyl groups excluding tert-OH is 1. The number of halogens is 1.